The molecule has 4 aromatic rings. The van der Waals surface area contributed by atoms with Gasteiger partial charge in [0.1, 0.15) is 11.1 Å². The summed E-state index contributed by atoms with van der Waals surface area (Å²) in [6.07, 6.45) is 1.64. The fourth-order valence-corrected chi connectivity index (χ4v) is 4.39. The van der Waals surface area contributed by atoms with Gasteiger partial charge in [-0.25, -0.2) is 4.98 Å². The first kappa shape index (κ1) is 22.3. The summed E-state index contributed by atoms with van der Waals surface area (Å²) in [7, 11) is 0. The van der Waals surface area contributed by atoms with Gasteiger partial charge in [-0.3, -0.25) is 9.59 Å². The Morgan fingerprint density at radius 2 is 1.61 bits per heavy atom. The fourth-order valence-electron chi connectivity index (χ4n) is 3.30. The molecule has 0 aliphatic heterocycles. The van der Waals surface area contributed by atoms with Crippen molar-refractivity contribution in [3.05, 3.63) is 120 Å². The summed E-state index contributed by atoms with van der Waals surface area (Å²) >= 11 is 1.42. The van der Waals surface area contributed by atoms with Gasteiger partial charge in [-0.05, 0) is 55.0 Å². The van der Waals surface area contributed by atoms with Crippen molar-refractivity contribution in [1.29, 1.82) is 0 Å². The van der Waals surface area contributed by atoms with Crippen LogP contribution in [-0.2, 0) is 4.79 Å². The topological polar surface area (TPSA) is 71.1 Å². The number of hydrogen-bond acceptors (Lipinski definition) is 4. The average Bonchev–Trinajstić information content (AvgIpc) is 2.84. The van der Waals surface area contributed by atoms with Crippen molar-refractivity contribution in [3.63, 3.8) is 0 Å². The minimum atomic E-state index is -0.490. The fraction of sp³-hybridized carbons (Fsp3) is 0.0741. The smallest absolute Gasteiger partial charge is 0.255 e. The van der Waals surface area contributed by atoms with Gasteiger partial charge in [-0.15, -0.1) is 11.8 Å². The standard InChI is InChI=1S/C27H23N3O2S/c1-19-9-7-12-21(17-19)26(31)29-22-13-8-14-23(18-22)33-25(20-10-3-2-4-11-20)27(32)30-24-15-5-6-16-28-24/h2-18,25H,1H3,(H,29,31)(H,28,30,32). The van der Waals surface area contributed by atoms with Crippen LogP contribution < -0.4 is 10.6 Å². The molecule has 5 nitrogen and oxygen atoms in total. The number of carbonyl (C=O) groups excluding carboxylic acids is 2. The largest absolute Gasteiger partial charge is 0.322 e. The molecule has 0 aliphatic rings. The summed E-state index contributed by atoms with van der Waals surface area (Å²) in [5, 5.41) is 5.35. The maximum atomic E-state index is 13.2. The van der Waals surface area contributed by atoms with Crippen LogP contribution in [0.1, 0.15) is 26.7 Å². The van der Waals surface area contributed by atoms with Gasteiger partial charge < -0.3 is 10.6 Å². The lowest BCUT2D eigenvalue weighted by Crippen LogP contribution is -2.19. The summed E-state index contributed by atoms with van der Waals surface area (Å²) in [6, 6.07) is 29.9. The molecule has 33 heavy (non-hydrogen) atoms. The molecule has 0 spiro atoms. The zero-order valence-electron chi connectivity index (χ0n) is 18.1. The summed E-state index contributed by atoms with van der Waals surface area (Å²) in [6.45, 7) is 1.95. The molecule has 6 heteroatoms. The Kier molecular flexibility index (Phi) is 7.17. The molecule has 0 bridgehead atoms. The first-order valence-corrected chi connectivity index (χ1v) is 11.4. The van der Waals surface area contributed by atoms with Crippen molar-refractivity contribution >= 4 is 35.1 Å². The SMILES string of the molecule is Cc1cccc(C(=O)Nc2cccc(SC(C(=O)Nc3ccccn3)c3ccccc3)c2)c1. The number of rotatable bonds is 7. The third-order valence-corrected chi connectivity index (χ3v) is 6.13. The van der Waals surface area contributed by atoms with Crippen LogP contribution in [0.25, 0.3) is 0 Å². The lowest BCUT2D eigenvalue weighted by molar-refractivity contribution is -0.115. The summed E-state index contributed by atoms with van der Waals surface area (Å²) in [4.78, 5) is 30.9. The van der Waals surface area contributed by atoms with E-state index in [9.17, 15) is 9.59 Å². The second-order valence-corrected chi connectivity index (χ2v) is 8.64. The summed E-state index contributed by atoms with van der Waals surface area (Å²) in [5.41, 5.74) is 3.18. The molecule has 1 heterocycles. The number of amides is 2. The predicted molar refractivity (Wildman–Crippen MR) is 133 cm³/mol. The predicted octanol–water partition coefficient (Wildman–Crippen LogP) is 6.11. The van der Waals surface area contributed by atoms with E-state index in [2.05, 4.69) is 15.6 Å². The van der Waals surface area contributed by atoms with E-state index in [-0.39, 0.29) is 11.8 Å². The number of nitrogens with zero attached hydrogens (tertiary/aromatic N) is 1. The molecule has 1 unspecified atom stereocenters. The van der Waals surface area contributed by atoms with Gasteiger partial charge in [0.2, 0.25) is 5.91 Å². The molecule has 0 fully saturated rings. The van der Waals surface area contributed by atoms with Crippen LogP contribution in [0.15, 0.2) is 108 Å². The third-order valence-electron chi connectivity index (χ3n) is 4.88. The van der Waals surface area contributed by atoms with Crippen LogP contribution in [-0.4, -0.2) is 16.8 Å². The third kappa shape index (κ3) is 6.08. The monoisotopic (exact) mass is 453 g/mol. The van der Waals surface area contributed by atoms with E-state index < -0.39 is 5.25 Å². The normalized spacial score (nSPS) is 11.4. The number of carbonyl (C=O) groups is 2. The molecule has 2 N–H and O–H groups in total. The van der Waals surface area contributed by atoms with Gasteiger partial charge in [0.05, 0.1) is 0 Å². The first-order valence-electron chi connectivity index (χ1n) is 10.5. The van der Waals surface area contributed by atoms with E-state index in [0.29, 0.717) is 17.1 Å². The van der Waals surface area contributed by atoms with Gasteiger partial charge >= 0.3 is 0 Å². The number of benzene rings is 3. The maximum Gasteiger partial charge on any atom is 0.255 e. The molecule has 0 aliphatic carbocycles. The zero-order chi connectivity index (χ0) is 23.0. The number of anilines is 2. The number of nitrogens with one attached hydrogen (secondary N) is 2. The average molecular weight is 454 g/mol. The highest BCUT2D eigenvalue weighted by Crippen LogP contribution is 2.37. The number of hydrogen-bond donors (Lipinski definition) is 2. The molecule has 2 amide bonds. The quantitative estimate of drug-likeness (QED) is 0.331. The first-order chi connectivity index (χ1) is 16.1. The maximum absolute atomic E-state index is 13.2. The van der Waals surface area contributed by atoms with Crippen LogP contribution in [0.5, 0.6) is 0 Å². The molecule has 164 valence electrons. The number of pyridine rings is 1. The van der Waals surface area contributed by atoms with E-state index in [1.54, 1.807) is 24.4 Å². The van der Waals surface area contributed by atoms with E-state index in [0.717, 1.165) is 16.0 Å². The molecule has 0 radical (unpaired) electrons. The molecular weight excluding hydrogens is 430 g/mol. The van der Waals surface area contributed by atoms with Gasteiger partial charge in [0, 0.05) is 22.3 Å². The van der Waals surface area contributed by atoms with E-state index in [4.69, 9.17) is 0 Å². The van der Waals surface area contributed by atoms with Crippen LogP contribution in [0.4, 0.5) is 11.5 Å². The molecule has 4 rings (SSSR count). The van der Waals surface area contributed by atoms with Crippen LogP contribution >= 0.6 is 11.8 Å². The van der Waals surface area contributed by atoms with Gasteiger partial charge in [0.15, 0.2) is 0 Å². The molecule has 1 aromatic heterocycles. The Morgan fingerprint density at radius 1 is 0.818 bits per heavy atom. The molecule has 3 aromatic carbocycles. The molecule has 1 atom stereocenters. The van der Waals surface area contributed by atoms with Crippen LogP contribution in [0, 0.1) is 6.92 Å². The molecular formula is C27H23N3O2S. The van der Waals surface area contributed by atoms with Gasteiger partial charge in [-0.2, -0.15) is 0 Å². The lowest BCUT2D eigenvalue weighted by Gasteiger charge is -2.17. The Hall–Kier alpha value is -3.90. The van der Waals surface area contributed by atoms with E-state index >= 15 is 0 Å². The number of aryl methyl sites for hydroxylation is 1. The highest BCUT2D eigenvalue weighted by molar-refractivity contribution is 8.00. The number of thioether (sulfide) groups is 1. The van der Waals surface area contributed by atoms with Gasteiger partial charge in [-0.1, -0.05) is 60.2 Å². The van der Waals surface area contributed by atoms with Crippen molar-refractivity contribution in [1.82, 2.24) is 4.98 Å². The van der Waals surface area contributed by atoms with Crippen molar-refractivity contribution in [2.75, 3.05) is 10.6 Å². The Bertz CT molecular complexity index is 1250. The van der Waals surface area contributed by atoms with E-state index in [1.807, 2.05) is 85.8 Å². The summed E-state index contributed by atoms with van der Waals surface area (Å²) < 4.78 is 0. The zero-order valence-corrected chi connectivity index (χ0v) is 18.9. The van der Waals surface area contributed by atoms with Crippen molar-refractivity contribution < 1.29 is 9.59 Å². The number of aromatic nitrogens is 1. The van der Waals surface area contributed by atoms with Crippen molar-refractivity contribution in [2.45, 2.75) is 17.1 Å². The molecule has 0 saturated carbocycles. The highest BCUT2D eigenvalue weighted by Gasteiger charge is 2.22. The van der Waals surface area contributed by atoms with Crippen molar-refractivity contribution in [2.24, 2.45) is 0 Å². The lowest BCUT2D eigenvalue weighted by atomic mass is 10.1. The second kappa shape index (κ2) is 10.6. The minimum absolute atomic E-state index is 0.168. The Balaban J connectivity index is 1.54. The second-order valence-electron chi connectivity index (χ2n) is 7.46. The van der Waals surface area contributed by atoms with Crippen LogP contribution in [0.2, 0.25) is 0 Å². The Labute approximate surface area is 197 Å². The highest BCUT2D eigenvalue weighted by atomic mass is 32.2. The summed E-state index contributed by atoms with van der Waals surface area (Å²) in [5.74, 6) is 0.163. The minimum Gasteiger partial charge on any atom is -0.322 e. The van der Waals surface area contributed by atoms with Gasteiger partial charge in [0.25, 0.3) is 5.91 Å². The van der Waals surface area contributed by atoms with E-state index in [1.165, 1.54) is 11.8 Å². The van der Waals surface area contributed by atoms with Crippen molar-refractivity contribution in [3.8, 4) is 0 Å². The Morgan fingerprint density at radius 3 is 2.36 bits per heavy atom. The van der Waals surface area contributed by atoms with Crippen LogP contribution in [0.3, 0.4) is 0 Å². The molecule has 0 saturated heterocycles.